The molecule has 3 rings (SSSR count). The van der Waals surface area contributed by atoms with Gasteiger partial charge in [0.15, 0.2) is 0 Å². The summed E-state index contributed by atoms with van der Waals surface area (Å²) < 4.78 is 0. The van der Waals surface area contributed by atoms with E-state index in [4.69, 9.17) is 0 Å². The van der Waals surface area contributed by atoms with Crippen molar-refractivity contribution >= 4 is 23.0 Å². The van der Waals surface area contributed by atoms with Crippen LogP contribution in [0.25, 0.3) is 11.6 Å². The lowest BCUT2D eigenvalue weighted by Gasteiger charge is -2.22. The topological polar surface area (TPSA) is 0 Å². The Balaban J connectivity index is 1.99. The van der Waals surface area contributed by atoms with E-state index >= 15 is 0 Å². The maximum atomic E-state index is 4.48. The van der Waals surface area contributed by atoms with E-state index < -0.39 is 0 Å². The highest BCUT2D eigenvalue weighted by Gasteiger charge is 2.23. The summed E-state index contributed by atoms with van der Waals surface area (Å²) in [7, 11) is 0. The molecule has 1 aromatic rings. The molecule has 0 radical (unpaired) electrons. The molecule has 0 saturated heterocycles. The third-order valence-corrected chi connectivity index (χ3v) is 5.73. The van der Waals surface area contributed by atoms with Gasteiger partial charge in [-0.2, -0.15) is 0 Å². The summed E-state index contributed by atoms with van der Waals surface area (Å²) in [6.45, 7) is 6.75. The van der Waals surface area contributed by atoms with Crippen LogP contribution >= 0.6 is 11.3 Å². The molecular formula is C18H22S. The monoisotopic (exact) mass is 270 g/mol. The molecule has 0 amide bonds. The van der Waals surface area contributed by atoms with Gasteiger partial charge in [-0.15, -0.1) is 11.3 Å². The molecule has 1 aromatic heterocycles. The summed E-state index contributed by atoms with van der Waals surface area (Å²) in [5, 5.41) is 0. The number of fused-ring (bicyclic) bond motifs is 1. The highest BCUT2D eigenvalue weighted by Crippen LogP contribution is 2.42. The standard InChI is InChI=1S/C18H22S/c1-3-16-18(13(2)14-9-5-4-6-10-14)15-11-7-8-12-17(15)19-16/h4-5,7,11,14H,2-3,6,8-10,12H2,1H3. The van der Waals surface area contributed by atoms with Crippen LogP contribution in [0.2, 0.25) is 0 Å². The zero-order valence-corrected chi connectivity index (χ0v) is 12.6. The first kappa shape index (κ1) is 12.9. The third kappa shape index (κ3) is 2.36. The van der Waals surface area contributed by atoms with E-state index in [0.717, 1.165) is 6.42 Å². The lowest BCUT2D eigenvalue weighted by Crippen LogP contribution is -2.06. The van der Waals surface area contributed by atoms with E-state index in [2.05, 4.69) is 37.8 Å². The molecule has 0 fully saturated rings. The van der Waals surface area contributed by atoms with Gasteiger partial charge in [0, 0.05) is 9.75 Å². The fourth-order valence-electron chi connectivity index (χ4n) is 3.24. The second-order valence-corrected chi connectivity index (χ2v) is 6.73. The Labute approximate surface area is 120 Å². The third-order valence-electron chi connectivity index (χ3n) is 4.32. The van der Waals surface area contributed by atoms with Gasteiger partial charge in [-0.25, -0.2) is 0 Å². The molecule has 1 heterocycles. The average molecular weight is 270 g/mol. The van der Waals surface area contributed by atoms with Crippen LogP contribution in [0.5, 0.6) is 0 Å². The summed E-state index contributed by atoms with van der Waals surface area (Å²) in [6, 6.07) is 0. The second kappa shape index (κ2) is 5.50. The molecule has 0 aromatic carbocycles. The zero-order valence-electron chi connectivity index (χ0n) is 11.7. The molecule has 2 aliphatic rings. The molecule has 2 aliphatic carbocycles. The summed E-state index contributed by atoms with van der Waals surface area (Å²) in [6.07, 6.45) is 16.5. The molecule has 1 atom stereocenters. The lowest BCUT2D eigenvalue weighted by atomic mass is 9.82. The summed E-state index contributed by atoms with van der Waals surface area (Å²) >= 11 is 2.02. The molecule has 1 unspecified atom stereocenters. The Morgan fingerprint density at radius 1 is 1.32 bits per heavy atom. The number of thiophene rings is 1. The minimum atomic E-state index is 0.657. The number of hydrogen-bond donors (Lipinski definition) is 0. The summed E-state index contributed by atoms with van der Waals surface area (Å²) in [5.41, 5.74) is 4.39. The van der Waals surface area contributed by atoms with E-state index in [1.165, 1.54) is 48.8 Å². The van der Waals surface area contributed by atoms with Gasteiger partial charge in [-0.1, -0.05) is 37.8 Å². The Bertz CT molecular complexity index is 542. The summed E-state index contributed by atoms with van der Waals surface area (Å²) in [4.78, 5) is 3.14. The first-order valence-electron chi connectivity index (χ1n) is 7.46. The molecule has 0 N–H and O–H groups in total. The number of hydrogen-bond acceptors (Lipinski definition) is 1. The van der Waals surface area contributed by atoms with Crippen molar-refractivity contribution in [3.8, 4) is 0 Å². The van der Waals surface area contributed by atoms with Crippen molar-refractivity contribution in [3.63, 3.8) is 0 Å². The van der Waals surface area contributed by atoms with E-state index in [0.29, 0.717) is 5.92 Å². The van der Waals surface area contributed by atoms with Gasteiger partial charge < -0.3 is 0 Å². The first-order chi connectivity index (χ1) is 9.31. The van der Waals surface area contributed by atoms with Crippen molar-refractivity contribution < 1.29 is 0 Å². The van der Waals surface area contributed by atoms with Crippen LogP contribution in [0.3, 0.4) is 0 Å². The minimum absolute atomic E-state index is 0.657. The molecule has 19 heavy (non-hydrogen) atoms. The molecule has 100 valence electrons. The van der Waals surface area contributed by atoms with Crippen LogP contribution in [0, 0.1) is 5.92 Å². The number of allylic oxidation sites excluding steroid dienone is 4. The molecule has 1 heteroatoms. The Kier molecular flexibility index (Phi) is 3.74. The SMILES string of the molecule is C=C(c1c(CC)sc2c1C=CCC2)C1CC=CCC1. The highest BCUT2D eigenvalue weighted by atomic mass is 32.1. The van der Waals surface area contributed by atoms with Crippen molar-refractivity contribution in [1.82, 2.24) is 0 Å². The maximum absolute atomic E-state index is 4.48. The van der Waals surface area contributed by atoms with Crippen molar-refractivity contribution in [2.45, 2.75) is 45.4 Å². The van der Waals surface area contributed by atoms with Crippen molar-refractivity contribution in [2.24, 2.45) is 5.92 Å². The van der Waals surface area contributed by atoms with Crippen LogP contribution in [0.15, 0.2) is 24.8 Å². The quantitative estimate of drug-likeness (QED) is 0.623. The predicted octanol–water partition coefficient (Wildman–Crippen LogP) is 5.64. The van der Waals surface area contributed by atoms with Gasteiger partial charge in [0.25, 0.3) is 0 Å². The summed E-state index contributed by atoms with van der Waals surface area (Å²) in [5.74, 6) is 0.657. The first-order valence-corrected chi connectivity index (χ1v) is 8.28. The zero-order chi connectivity index (χ0) is 13.2. The molecule has 0 spiro atoms. The van der Waals surface area contributed by atoms with Crippen LogP contribution in [0.1, 0.15) is 53.5 Å². The van der Waals surface area contributed by atoms with Crippen molar-refractivity contribution in [1.29, 1.82) is 0 Å². The maximum Gasteiger partial charge on any atom is 0.0130 e. The van der Waals surface area contributed by atoms with Crippen LogP contribution in [-0.2, 0) is 12.8 Å². The Morgan fingerprint density at radius 2 is 2.21 bits per heavy atom. The lowest BCUT2D eigenvalue weighted by molar-refractivity contribution is 0.600. The fraction of sp³-hybridized carbons (Fsp3) is 0.444. The smallest absolute Gasteiger partial charge is 0.0130 e. The molecular weight excluding hydrogens is 248 g/mol. The van der Waals surface area contributed by atoms with Gasteiger partial charge in [-0.3, -0.25) is 0 Å². The largest absolute Gasteiger partial charge is 0.144 e. The van der Waals surface area contributed by atoms with E-state index in [1.54, 1.807) is 9.75 Å². The van der Waals surface area contributed by atoms with Gasteiger partial charge in [0.2, 0.25) is 0 Å². The van der Waals surface area contributed by atoms with Crippen molar-refractivity contribution in [3.05, 3.63) is 45.7 Å². The van der Waals surface area contributed by atoms with Gasteiger partial charge in [0.05, 0.1) is 0 Å². The Morgan fingerprint density at radius 3 is 2.95 bits per heavy atom. The van der Waals surface area contributed by atoms with Crippen LogP contribution in [-0.4, -0.2) is 0 Å². The van der Waals surface area contributed by atoms with Crippen LogP contribution in [0.4, 0.5) is 0 Å². The predicted molar refractivity (Wildman–Crippen MR) is 86.6 cm³/mol. The van der Waals surface area contributed by atoms with Crippen molar-refractivity contribution in [2.75, 3.05) is 0 Å². The Hall–Kier alpha value is -1.08. The molecule has 0 aliphatic heterocycles. The normalized spacial score (nSPS) is 21.4. The van der Waals surface area contributed by atoms with E-state index in [1.807, 2.05) is 11.3 Å². The number of rotatable bonds is 3. The van der Waals surface area contributed by atoms with E-state index in [9.17, 15) is 0 Å². The number of aryl methyl sites for hydroxylation is 2. The highest BCUT2D eigenvalue weighted by molar-refractivity contribution is 7.12. The molecule has 0 saturated carbocycles. The van der Waals surface area contributed by atoms with Gasteiger partial charge >= 0.3 is 0 Å². The molecule has 0 bridgehead atoms. The average Bonchev–Trinajstić information content (AvgIpc) is 2.86. The second-order valence-electron chi connectivity index (χ2n) is 5.54. The van der Waals surface area contributed by atoms with Gasteiger partial charge in [-0.05, 0) is 61.1 Å². The molecule has 0 nitrogen and oxygen atoms in total. The fourth-order valence-corrected chi connectivity index (χ4v) is 4.52. The minimum Gasteiger partial charge on any atom is -0.144 e. The van der Waals surface area contributed by atoms with Gasteiger partial charge in [0.1, 0.15) is 0 Å². The van der Waals surface area contributed by atoms with Crippen LogP contribution < -0.4 is 0 Å². The van der Waals surface area contributed by atoms with E-state index in [-0.39, 0.29) is 0 Å².